The summed E-state index contributed by atoms with van der Waals surface area (Å²) < 4.78 is 0.828. The van der Waals surface area contributed by atoms with Crippen molar-refractivity contribution in [3.63, 3.8) is 0 Å². The van der Waals surface area contributed by atoms with Crippen LogP contribution in [0, 0.1) is 0 Å². The van der Waals surface area contributed by atoms with Crippen molar-refractivity contribution in [1.29, 1.82) is 0 Å². The summed E-state index contributed by atoms with van der Waals surface area (Å²) in [5.74, 6) is 0.804. The molecule has 0 saturated carbocycles. The fourth-order valence-corrected chi connectivity index (χ4v) is 5.03. The first-order chi connectivity index (χ1) is 12.8. The number of hydrogen-bond donors (Lipinski definition) is 1. The fourth-order valence-electron chi connectivity index (χ4n) is 2.38. The minimum absolute atomic E-state index is 0.467. The first kappa shape index (κ1) is 17.7. The first-order valence-electron chi connectivity index (χ1n) is 8.05. The summed E-state index contributed by atoms with van der Waals surface area (Å²) in [6.07, 6.45) is 0.977. The zero-order valence-corrected chi connectivity index (χ0v) is 16.9. The van der Waals surface area contributed by atoms with Gasteiger partial charge in [0, 0.05) is 17.2 Å². The van der Waals surface area contributed by atoms with Gasteiger partial charge in [-0.05, 0) is 23.4 Å². The molecule has 0 aliphatic rings. The van der Waals surface area contributed by atoms with Crippen LogP contribution in [0.3, 0.4) is 0 Å². The van der Waals surface area contributed by atoms with Gasteiger partial charge < -0.3 is 5.32 Å². The largest absolute Gasteiger partial charge is 0.361 e. The van der Waals surface area contributed by atoms with Crippen LogP contribution in [-0.4, -0.2) is 21.5 Å². The Morgan fingerprint density at radius 3 is 2.73 bits per heavy atom. The van der Waals surface area contributed by atoms with Crippen LogP contribution in [0.4, 0.5) is 5.13 Å². The van der Waals surface area contributed by atoms with E-state index in [0.29, 0.717) is 16.0 Å². The van der Waals surface area contributed by atoms with Crippen LogP contribution < -0.4 is 5.32 Å². The highest BCUT2D eigenvalue weighted by Gasteiger charge is 2.12. The molecule has 132 valence electrons. The molecule has 0 aliphatic carbocycles. The van der Waals surface area contributed by atoms with Crippen LogP contribution in [0.2, 0.25) is 5.15 Å². The van der Waals surface area contributed by atoms with E-state index < -0.39 is 0 Å². The SMILES string of the molecule is Clc1nc(SCc2ccccc2)nc2nc(NCCc3cccs3)sc12. The first-order valence-corrected chi connectivity index (χ1v) is 11.1. The second-order valence-corrected chi connectivity index (χ2v) is 8.83. The highest BCUT2D eigenvalue weighted by Crippen LogP contribution is 2.32. The summed E-state index contributed by atoms with van der Waals surface area (Å²) in [5.41, 5.74) is 1.88. The van der Waals surface area contributed by atoms with Crippen LogP contribution in [-0.2, 0) is 12.2 Å². The Morgan fingerprint density at radius 2 is 1.92 bits per heavy atom. The second-order valence-electron chi connectivity index (χ2n) is 5.50. The molecule has 0 fully saturated rings. The minimum atomic E-state index is 0.467. The molecule has 4 rings (SSSR count). The molecular weight excluding hydrogens is 404 g/mol. The third kappa shape index (κ3) is 4.35. The molecule has 4 aromatic rings. The fraction of sp³-hybridized carbons (Fsp3) is 0.167. The number of thiazole rings is 1. The summed E-state index contributed by atoms with van der Waals surface area (Å²) in [6, 6.07) is 14.5. The van der Waals surface area contributed by atoms with Crippen molar-refractivity contribution < 1.29 is 0 Å². The van der Waals surface area contributed by atoms with Gasteiger partial charge in [0.05, 0.1) is 0 Å². The third-order valence-corrected chi connectivity index (χ3v) is 6.88. The summed E-state index contributed by atoms with van der Waals surface area (Å²) in [6.45, 7) is 0.834. The van der Waals surface area contributed by atoms with Gasteiger partial charge in [0.2, 0.25) is 0 Å². The predicted molar refractivity (Wildman–Crippen MR) is 113 cm³/mol. The van der Waals surface area contributed by atoms with Crippen LogP contribution in [0.1, 0.15) is 10.4 Å². The van der Waals surface area contributed by atoms with Crippen molar-refractivity contribution in [2.24, 2.45) is 0 Å². The van der Waals surface area contributed by atoms with E-state index >= 15 is 0 Å². The van der Waals surface area contributed by atoms with Gasteiger partial charge in [-0.2, -0.15) is 4.98 Å². The number of rotatable bonds is 7. The van der Waals surface area contributed by atoms with Gasteiger partial charge in [-0.1, -0.05) is 71.1 Å². The number of halogens is 1. The molecule has 0 bridgehead atoms. The van der Waals surface area contributed by atoms with Crippen molar-refractivity contribution in [2.75, 3.05) is 11.9 Å². The number of nitrogens with zero attached hydrogens (tertiary/aromatic N) is 3. The van der Waals surface area contributed by atoms with E-state index in [1.165, 1.54) is 21.8 Å². The molecule has 26 heavy (non-hydrogen) atoms. The molecule has 0 unspecified atom stereocenters. The van der Waals surface area contributed by atoms with Crippen LogP contribution in [0.15, 0.2) is 53.0 Å². The molecule has 0 spiro atoms. The normalized spacial score (nSPS) is 11.1. The Bertz CT molecular complexity index is 987. The van der Waals surface area contributed by atoms with Crippen molar-refractivity contribution >= 4 is 61.5 Å². The lowest BCUT2D eigenvalue weighted by Gasteiger charge is -2.01. The highest BCUT2D eigenvalue weighted by atomic mass is 35.5. The lowest BCUT2D eigenvalue weighted by Crippen LogP contribution is -2.03. The van der Waals surface area contributed by atoms with Gasteiger partial charge >= 0.3 is 0 Å². The van der Waals surface area contributed by atoms with E-state index in [4.69, 9.17) is 11.6 Å². The van der Waals surface area contributed by atoms with E-state index in [1.807, 2.05) is 18.2 Å². The van der Waals surface area contributed by atoms with Gasteiger partial charge in [0.25, 0.3) is 0 Å². The second kappa shape index (κ2) is 8.35. The van der Waals surface area contributed by atoms with Gasteiger partial charge in [0.15, 0.2) is 21.1 Å². The van der Waals surface area contributed by atoms with Gasteiger partial charge in [0.1, 0.15) is 4.70 Å². The zero-order chi connectivity index (χ0) is 17.8. The summed E-state index contributed by atoms with van der Waals surface area (Å²) in [4.78, 5) is 14.9. The van der Waals surface area contributed by atoms with Crippen molar-refractivity contribution in [3.05, 3.63) is 63.4 Å². The van der Waals surface area contributed by atoms with Gasteiger partial charge in [-0.25, -0.2) is 9.97 Å². The molecule has 0 amide bonds. The lowest BCUT2D eigenvalue weighted by molar-refractivity contribution is 0.991. The van der Waals surface area contributed by atoms with Crippen LogP contribution in [0.5, 0.6) is 0 Å². The molecule has 1 aromatic carbocycles. The van der Waals surface area contributed by atoms with E-state index in [-0.39, 0.29) is 0 Å². The molecule has 3 heterocycles. The Kier molecular flexibility index (Phi) is 5.69. The molecular formula is C18H15ClN4S3. The van der Waals surface area contributed by atoms with Gasteiger partial charge in [-0.15, -0.1) is 11.3 Å². The minimum Gasteiger partial charge on any atom is -0.361 e. The van der Waals surface area contributed by atoms with Crippen LogP contribution >= 0.6 is 46.0 Å². The number of benzene rings is 1. The predicted octanol–water partition coefficient (Wildman–Crippen LogP) is 5.75. The Morgan fingerprint density at radius 1 is 1.04 bits per heavy atom. The van der Waals surface area contributed by atoms with E-state index in [0.717, 1.165) is 28.5 Å². The number of aromatic nitrogens is 3. The topological polar surface area (TPSA) is 50.7 Å². The number of fused-ring (bicyclic) bond motifs is 1. The quantitative estimate of drug-likeness (QED) is 0.235. The van der Waals surface area contributed by atoms with E-state index in [1.54, 1.807) is 23.1 Å². The number of thiophene rings is 1. The van der Waals surface area contributed by atoms with Crippen molar-refractivity contribution in [1.82, 2.24) is 15.0 Å². The summed E-state index contributed by atoms with van der Waals surface area (Å²) in [7, 11) is 0. The van der Waals surface area contributed by atoms with E-state index in [2.05, 4.69) is 49.9 Å². The number of thioether (sulfide) groups is 1. The molecule has 0 saturated heterocycles. The molecule has 1 N–H and O–H groups in total. The van der Waals surface area contributed by atoms with Gasteiger partial charge in [-0.3, -0.25) is 0 Å². The highest BCUT2D eigenvalue weighted by molar-refractivity contribution is 7.98. The molecule has 8 heteroatoms. The number of anilines is 1. The van der Waals surface area contributed by atoms with E-state index in [9.17, 15) is 0 Å². The maximum atomic E-state index is 6.35. The Hall–Kier alpha value is -1.67. The van der Waals surface area contributed by atoms with Crippen molar-refractivity contribution in [2.45, 2.75) is 17.3 Å². The lowest BCUT2D eigenvalue weighted by atomic mass is 10.2. The molecule has 0 aliphatic heterocycles. The molecule has 0 radical (unpaired) electrons. The number of nitrogens with one attached hydrogen (secondary N) is 1. The Balaban J connectivity index is 1.44. The third-order valence-electron chi connectivity index (χ3n) is 3.63. The Labute approximate surface area is 168 Å². The smallest absolute Gasteiger partial charge is 0.191 e. The van der Waals surface area contributed by atoms with Crippen LogP contribution in [0.25, 0.3) is 10.3 Å². The standard InChI is InChI=1S/C18H15ClN4S3/c19-15-14-16(22-17(26-14)20-9-8-13-7-4-10-24-13)23-18(21-15)25-11-12-5-2-1-3-6-12/h1-7,10H,8-9,11H2,(H,20,21,22,23). The summed E-state index contributed by atoms with van der Waals surface area (Å²) in [5, 5.41) is 7.40. The summed E-state index contributed by atoms with van der Waals surface area (Å²) >= 11 is 11.2. The molecule has 4 nitrogen and oxygen atoms in total. The average molecular weight is 419 g/mol. The average Bonchev–Trinajstić information content (AvgIpc) is 3.31. The molecule has 3 aromatic heterocycles. The maximum absolute atomic E-state index is 6.35. The zero-order valence-electron chi connectivity index (χ0n) is 13.7. The molecule has 0 atom stereocenters. The maximum Gasteiger partial charge on any atom is 0.191 e. The van der Waals surface area contributed by atoms with Crippen molar-refractivity contribution in [3.8, 4) is 0 Å². The number of hydrogen-bond acceptors (Lipinski definition) is 7. The monoisotopic (exact) mass is 418 g/mol.